The molecule has 0 N–H and O–H groups in total. The molecule has 82 valence electrons. The Balaban J connectivity index is 2.12. The van der Waals surface area contributed by atoms with Gasteiger partial charge in [0.15, 0.2) is 5.78 Å². The van der Waals surface area contributed by atoms with Crippen molar-refractivity contribution in [3.8, 4) is 0 Å². The summed E-state index contributed by atoms with van der Waals surface area (Å²) in [7, 11) is 0. The molecule has 0 unspecified atom stereocenters. The van der Waals surface area contributed by atoms with E-state index < -0.39 is 0 Å². The third-order valence-corrected chi connectivity index (χ3v) is 2.81. The summed E-state index contributed by atoms with van der Waals surface area (Å²) in [6.45, 7) is 0. The van der Waals surface area contributed by atoms with E-state index in [9.17, 15) is 4.79 Å². The van der Waals surface area contributed by atoms with Gasteiger partial charge in [0, 0.05) is 11.4 Å². The third-order valence-electron chi connectivity index (χ3n) is 2.57. The second kappa shape index (κ2) is 5.13. The van der Waals surface area contributed by atoms with Gasteiger partial charge in [0.25, 0.3) is 0 Å². The Morgan fingerprint density at radius 2 is 2.06 bits per heavy atom. The Morgan fingerprint density at radius 3 is 2.81 bits per heavy atom. The number of carbonyl (C=O) groups is 1. The summed E-state index contributed by atoms with van der Waals surface area (Å²) in [5.74, 6) is 0.233. The van der Waals surface area contributed by atoms with Gasteiger partial charge in [0.05, 0.1) is 0 Å². The van der Waals surface area contributed by atoms with Crippen molar-refractivity contribution in [1.82, 2.24) is 0 Å². The zero-order valence-corrected chi connectivity index (χ0v) is 9.70. The molecule has 1 aromatic carbocycles. The molecule has 1 aliphatic carbocycles. The average molecular weight is 233 g/mol. The van der Waals surface area contributed by atoms with Crippen molar-refractivity contribution in [2.24, 2.45) is 0 Å². The number of ketones is 1. The number of carbonyl (C=O) groups excluding carboxylic acids is 1. The van der Waals surface area contributed by atoms with Crippen LogP contribution in [-0.2, 0) is 4.79 Å². The van der Waals surface area contributed by atoms with Crippen LogP contribution in [-0.4, -0.2) is 5.78 Å². The van der Waals surface area contributed by atoms with E-state index in [4.69, 9.17) is 11.6 Å². The first kappa shape index (κ1) is 11.2. The van der Waals surface area contributed by atoms with E-state index >= 15 is 0 Å². The predicted molar refractivity (Wildman–Crippen MR) is 67.4 cm³/mol. The standard InChI is InChI=1S/C14H13ClO/c15-13-5-1-3-11(9-13)7-8-12-4-2-6-14(16)10-12/h1,3,5,7-10H,2,4,6H2/b8-7+. The molecule has 0 atom stereocenters. The zero-order chi connectivity index (χ0) is 11.4. The highest BCUT2D eigenvalue weighted by atomic mass is 35.5. The Labute approximate surface area is 100 Å². The van der Waals surface area contributed by atoms with E-state index in [-0.39, 0.29) is 5.78 Å². The largest absolute Gasteiger partial charge is 0.295 e. The van der Waals surface area contributed by atoms with Gasteiger partial charge >= 0.3 is 0 Å². The van der Waals surface area contributed by atoms with Gasteiger partial charge in [0.2, 0.25) is 0 Å². The van der Waals surface area contributed by atoms with Crippen LogP contribution >= 0.6 is 11.6 Å². The maximum Gasteiger partial charge on any atom is 0.155 e. The molecule has 0 aliphatic heterocycles. The zero-order valence-electron chi connectivity index (χ0n) is 8.95. The fraction of sp³-hybridized carbons (Fsp3) is 0.214. The predicted octanol–water partition coefficient (Wildman–Crippen LogP) is 4.03. The van der Waals surface area contributed by atoms with Crippen molar-refractivity contribution in [3.63, 3.8) is 0 Å². The van der Waals surface area contributed by atoms with Crippen molar-refractivity contribution in [2.45, 2.75) is 19.3 Å². The Bertz CT molecular complexity index is 458. The molecular weight excluding hydrogens is 220 g/mol. The van der Waals surface area contributed by atoms with E-state index in [2.05, 4.69) is 0 Å². The van der Waals surface area contributed by atoms with Crippen molar-refractivity contribution >= 4 is 23.5 Å². The van der Waals surface area contributed by atoms with Crippen LogP contribution in [0, 0.1) is 0 Å². The average Bonchev–Trinajstić information content (AvgIpc) is 2.27. The summed E-state index contributed by atoms with van der Waals surface area (Å²) in [5, 5.41) is 0.732. The summed E-state index contributed by atoms with van der Waals surface area (Å²) in [6.07, 6.45) is 8.38. The fourth-order valence-electron chi connectivity index (χ4n) is 1.76. The first-order chi connectivity index (χ1) is 7.74. The van der Waals surface area contributed by atoms with Gasteiger partial charge in [0.1, 0.15) is 0 Å². The third kappa shape index (κ3) is 3.07. The molecule has 0 radical (unpaired) electrons. The molecule has 2 heteroatoms. The van der Waals surface area contributed by atoms with E-state index in [1.165, 1.54) is 0 Å². The smallest absolute Gasteiger partial charge is 0.155 e. The van der Waals surface area contributed by atoms with Crippen LogP contribution in [0.15, 0.2) is 42.0 Å². The number of benzene rings is 1. The Morgan fingerprint density at radius 1 is 1.19 bits per heavy atom. The van der Waals surface area contributed by atoms with Crippen molar-refractivity contribution < 1.29 is 4.79 Å². The minimum absolute atomic E-state index is 0.233. The molecule has 2 rings (SSSR count). The fourth-order valence-corrected chi connectivity index (χ4v) is 1.96. The van der Waals surface area contributed by atoms with Gasteiger partial charge in [-0.05, 0) is 42.2 Å². The molecule has 1 aliphatic rings. The number of hydrogen-bond acceptors (Lipinski definition) is 1. The minimum atomic E-state index is 0.233. The van der Waals surface area contributed by atoms with Crippen molar-refractivity contribution in [3.05, 3.63) is 52.6 Å². The maximum atomic E-state index is 11.2. The van der Waals surface area contributed by atoms with Gasteiger partial charge in [-0.15, -0.1) is 0 Å². The van der Waals surface area contributed by atoms with Crippen LogP contribution in [0.25, 0.3) is 6.08 Å². The lowest BCUT2D eigenvalue weighted by Gasteiger charge is -2.07. The number of hydrogen-bond donors (Lipinski definition) is 0. The lowest BCUT2D eigenvalue weighted by molar-refractivity contribution is -0.115. The lowest BCUT2D eigenvalue weighted by atomic mass is 9.98. The second-order valence-electron chi connectivity index (χ2n) is 3.93. The van der Waals surface area contributed by atoms with Crippen LogP contribution in [0.1, 0.15) is 24.8 Å². The molecule has 0 saturated carbocycles. The molecule has 16 heavy (non-hydrogen) atoms. The van der Waals surface area contributed by atoms with Gasteiger partial charge in [-0.25, -0.2) is 0 Å². The topological polar surface area (TPSA) is 17.1 Å². The van der Waals surface area contributed by atoms with Crippen LogP contribution in [0.3, 0.4) is 0 Å². The maximum absolute atomic E-state index is 11.2. The normalized spacial score (nSPS) is 16.6. The summed E-state index contributed by atoms with van der Waals surface area (Å²) in [4.78, 5) is 11.2. The highest BCUT2D eigenvalue weighted by Crippen LogP contribution is 2.18. The van der Waals surface area contributed by atoms with Crippen molar-refractivity contribution in [1.29, 1.82) is 0 Å². The molecule has 0 spiro atoms. The molecule has 0 fully saturated rings. The molecule has 0 bridgehead atoms. The summed E-state index contributed by atoms with van der Waals surface area (Å²) in [6, 6.07) is 7.67. The molecule has 0 amide bonds. The molecule has 0 aromatic heterocycles. The number of allylic oxidation sites excluding steroid dienone is 3. The van der Waals surface area contributed by atoms with Gasteiger partial charge in [-0.2, -0.15) is 0 Å². The quantitative estimate of drug-likeness (QED) is 0.752. The minimum Gasteiger partial charge on any atom is -0.295 e. The van der Waals surface area contributed by atoms with E-state index in [1.807, 2.05) is 36.4 Å². The summed E-state index contributed by atoms with van der Waals surface area (Å²) >= 11 is 5.89. The van der Waals surface area contributed by atoms with E-state index in [0.717, 1.165) is 29.0 Å². The lowest BCUT2D eigenvalue weighted by Crippen LogP contribution is -2.00. The molecular formula is C14H13ClO. The van der Waals surface area contributed by atoms with Gasteiger partial charge in [-0.3, -0.25) is 4.79 Å². The van der Waals surface area contributed by atoms with E-state index in [0.29, 0.717) is 6.42 Å². The van der Waals surface area contributed by atoms with Crippen LogP contribution in [0.5, 0.6) is 0 Å². The van der Waals surface area contributed by atoms with E-state index in [1.54, 1.807) is 6.08 Å². The monoisotopic (exact) mass is 232 g/mol. The number of rotatable bonds is 2. The molecule has 0 saturated heterocycles. The summed E-state index contributed by atoms with van der Waals surface area (Å²) < 4.78 is 0. The molecule has 0 heterocycles. The van der Waals surface area contributed by atoms with Crippen LogP contribution in [0.4, 0.5) is 0 Å². The first-order valence-corrected chi connectivity index (χ1v) is 5.79. The van der Waals surface area contributed by atoms with Gasteiger partial charge in [-0.1, -0.05) is 35.9 Å². The van der Waals surface area contributed by atoms with Gasteiger partial charge < -0.3 is 0 Å². The highest BCUT2D eigenvalue weighted by Gasteiger charge is 2.06. The van der Waals surface area contributed by atoms with Crippen molar-refractivity contribution in [2.75, 3.05) is 0 Å². The SMILES string of the molecule is O=C1C=C(/C=C/c2cccc(Cl)c2)CCC1. The highest BCUT2D eigenvalue weighted by molar-refractivity contribution is 6.30. The summed E-state index contributed by atoms with van der Waals surface area (Å²) in [5.41, 5.74) is 2.17. The Hall–Kier alpha value is -1.34. The van der Waals surface area contributed by atoms with Crippen LogP contribution in [0.2, 0.25) is 5.02 Å². The molecule has 1 nitrogen and oxygen atoms in total. The number of halogens is 1. The van der Waals surface area contributed by atoms with Crippen LogP contribution < -0.4 is 0 Å². The second-order valence-corrected chi connectivity index (χ2v) is 4.36. The Kier molecular flexibility index (Phi) is 3.58. The molecule has 1 aromatic rings. The first-order valence-electron chi connectivity index (χ1n) is 5.41.